The molecular weight excluding hydrogens is 562 g/mol. The second-order valence-corrected chi connectivity index (χ2v) is 11.9. The first-order valence-electron chi connectivity index (χ1n) is 14.1. The number of nitrogens with zero attached hydrogens (tertiary/aromatic N) is 2. The minimum atomic E-state index is -4.17. The molecule has 0 bridgehead atoms. The molecule has 0 spiro atoms. The summed E-state index contributed by atoms with van der Waals surface area (Å²) in [4.78, 5) is 29.4. The Morgan fingerprint density at radius 2 is 1.44 bits per heavy atom. The molecule has 0 aromatic heterocycles. The molecule has 0 heterocycles. The fraction of sp³-hybridized carbons (Fsp3) is 0.235. The predicted molar refractivity (Wildman–Crippen MR) is 168 cm³/mol. The number of aryl methyl sites for hydroxylation is 1. The summed E-state index contributed by atoms with van der Waals surface area (Å²) >= 11 is 0. The molecular formula is C34H37N3O5S. The van der Waals surface area contributed by atoms with Gasteiger partial charge in [0, 0.05) is 19.5 Å². The number of carbonyl (C=O) groups is 2. The lowest BCUT2D eigenvalue weighted by Gasteiger charge is -2.34. The molecule has 224 valence electrons. The maximum Gasteiger partial charge on any atom is 0.264 e. The van der Waals surface area contributed by atoms with Crippen molar-refractivity contribution in [2.75, 3.05) is 24.5 Å². The van der Waals surface area contributed by atoms with Crippen LogP contribution >= 0.6 is 0 Å². The second kappa shape index (κ2) is 14.5. The summed E-state index contributed by atoms with van der Waals surface area (Å²) in [5.41, 5.74) is 3.04. The number of carbonyl (C=O) groups excluding carboxylic acids is 2. The molecule has 4 aromatic rings. The number of hydrogen-bond donors (Lipinski definition) is 1. The fourth-order valence-corrected chi connectivity index (χ4v) is 6.23. The average Bonchev–Trinajstić information content (AvgIpc) is 3.03. The highest BCUT2D eigenvalue weighted by Crippen LogP contribution is 2.26. The Hall–Kier alpha value is -4.63. The maximum absolute atomic E-state index is 14.4. The topological polar surface area (TPSA) is 96.0 Å². The monoisotopic (exact) mass is 599 g/mol. The lowest BCUT2D eigenvalue weighted by atomic mass is 10.0. The van der Waals surface area contributed by atoms with Crippen molar-refractivity contribution in [3.8, 4) is 5.75 Å². The molecule has 4 rings (SSSR count). The van der Waals surface area contributed by atoms with E-state index in [4.69, 9.17) is 4.74 Å². The predicted octanol–water partition coefficient (Wildman–Crippen LogP) is 4.98. The van der Waals surface area contributed by atoms with Crippen LogP contribution in [0.5, 0.6) is 5.75 Å². The van der Waals surface area contributed by atoms with Gasteiger partial charge in [-0.05, 0) is 66.9 Å². The molecule has 0 aliphatic heterocycles. The van der Waals surface area contributed by atoms with Gasteiger partial charge in [0.1, 0.15) is 18.3 Å². The zero-order valence-corrected chi connectivity index (χ0v) is 25.5. The molecule has 43 heavy (non-hydrogen) atoms. The van der Waals surface area contributed by atoms with Crippen molar-refractivity contribution in [2.45, 2.75) is 37.8 Å². The van der Waals surface area contributed by atoms with E-state index < -0.39 is 28.5 Å². The van der Waals surface area contributed by atoms with Crippen molar-refractivity contribution in [1.82, 2.24) is 10.2 Å². The van der Waals surface area contributed by atoms with Gasteiger partial charge in [-0.15, -0.1) is 0 Å². The van der Waals surface area contributed by atoms with E-state index in [1.54, 1.807) is 42.5 Å². The largest absolute Gasteiger partial charge is 0.497 e. The summed E-state index contributed by atoms with van der Waals surface area (Å²) in [6.45, 7) is 3.78. The number of hydrogen-bond acceptors (Lipinski definition) is 5. The summed E-state index contributed by atoms with van der Waals surface area (Å²) in [5, 5.41) is 2.88. The normalized spacial score (nSPS) is 11.8. The Morgan fingerprint density at radius 1 is 0.837 bits per heavy atom. The van der Waals surface area contributed by atoms with E-state index in [0.29, 0.717) is 18.0 Å². The number of para-hydroxylation sites is 1. The zero-order valence-electron chi connectivity index (χ0n) is 24.6. The number of benzene rings is 4. The quantitative estimate of drug-likeness (QED) is 0.234. The third-order valence-electron chi connectivity index (χ3n) is 7.19. The number of sulfonamides is 1. The van der Waals surface area contributed by atoms with E-state index in [2.05, 4.69) is 5.32 Å². The molecule has 0 saturated carbocycles. The number of ether oxygens (including phenoxy) is 1. The van der Waals surface area contributed by atoms with E-state index in [9.17, 15) is 18.0 Å². The van der Waals surface area contributed by atoms with Gasteiger partial charge in [-0.25, -0.2) is 8.42 Å². The van der Waals surface area contributed by atoms with Gasteiger partial charge in [-0.3, -0.25) is 13.9 Å². The van der Waals surface area contributed by atoms with Crippen LogP contribution in [0, 0.1) is 6.92 Å². The third-order valence-corrected chi connectivity index (χ3v) is 8.98. The van der Waals surface area contributed by atoms with Crippen molar-refractivity contribution in [2.24, 2.45) is 0 Å². The first-order valence-corrected chi connectivity index (χ1v) is 15.6. The van der Waals surface area contributed by atoms with Crippen LogP contribution in [0.1, 0.15) is 23.6 Å². The molecule has 9 heteroatoms. The van der Waals surface area contributed by atoms with Gasteiger partial charge in [0.15, 0.2) is 0 Å². The lowest BCUT2D eigenvalue weighted by Crippen LogP contribution is -2.53. The van der Waals surface area contributed by atoms with Crippen molar-refractivity contribution < 1.29 is 22.7 Å². The van der Waals surface area contributed by atoms with E-state index in [1.807, 2.05) is 68.4 Å². The van der Waals surface area contributed by atoms with E-state index in [1.165, 1.54) is 24.1 Å². The Morgan fingerprint density at radius 3 is 2.05 bits per heavy atom. The SMILES string of the molecule is CCNC(=O)C(Cc1ccccc1)N(Cc1ccccc1C)C(=O)CN(c1ccccc1)S(=O)(=O)c1ccc(OC)cc1. The van der Waals surface area contributed by atoms with Crippen LogP contribution in [0.15, 0.2) is 114 Å². The standard InChI is InChI=1S/C34H37N3O5S/c1-4-35-34(39)32(23-27-14-7-5-8-15-27)36(24-28-16-12-11-13-26(28)2)33(38)25-37(29-17-9-6-10-18-29)43(40,41)31-21-19-30(42-3)20-22-31/h5-22,32H,4,23-25H2,1-3H3,(H,35,39). The van der Waals surface area contributed by atoms with Crippen LogP contribution in [0.4, 0.5) is 5.69 Å². The van der Waals surface area contributed by atoms with Crippen LogP contribution in [-0.2, 0) is 32.6 Å². The van der Waals surface area contributed by atoms with Gasteiger partial charge in [0.05, 0.1) is 17.7 Å². The molecule has 8 nitrogen and oxygen atoms in total. The van der Waals surface area contributed by atoms with E-state index in [-0.39, 0.29) is 23.8 Å². The molecule has 0 fully saturated rings. The van der Waals surface area contributed by atoms with Crippen LogP contribution in [0.2, 0.25) is 0 Å². The Bertz CT molecular complexity index is 1610. The fourth-order valence-electron chi connectivity index (χ4n) is 4.81. The molecule has 0 saturated heterocycles. The number of rotatable bonds is 13. The number of methoxy groups -OCH3 is 1. The molecule has 1 unspecified atom stereocenters. The molecule has 4 aromatic carbocycles. The zero-order chi connectivity index (χ0) is 30.8. The Labute approximate surface area is 254 Å². The van der Waals surface area contributed by atoms with Crippen molar-refractivity contribution in [3.05, 3.63) is 126 Å². The van der Waals surface area contributed by atoms with Gasteiger partial charge < -0.3 is 15.0 Å². The van der Waals surface area contributed by atoms with Gasteiger partial charge in [-0.1, -0.05) is 72.8 Å². The summed E-state index contributed by atoms with van der Waals surface area (Å²) in [6.07, 6.45) is 0.265. The molecule has 2 amide bonds. The van der Waals surface area contributed by atoms with Crippen molar-refractivity contribution in [1.29, 1.82) is 0 Å². The summed E-state index contributed by atoms with van der Waals surface area (Å²) in [5.74, 6) is -0.301. The van der Waals surface area contributed by atoms with Crippen LogP contribution in [0.25, 0.3) is 0 Å². The number of anilines is 1. The maximum atomic E-state index is 14.4. The first kappa shape index (κ1) is 31.3. The Balaban J connectivity index is 1.78. The molecule has 0 radical (unpaired) electrons. The highest BCUT2D eigenvalue weighted by Gasteiger charge is 2.34. The molecule has 1 atom stereocenters. The molecule has 1 N–H and O–H groups in total. The second-order valence-electron chi connectivity index (χ2n) is 10.1. The summed E-state index contributed by atoms with van der Waals surface area (Å²) in [7, 11) is -2.67. The average molecular weight is 600 g/mol. The minimum Gasteiger partial charge on any atom is -0.497 e. The van der Waals surface area contributed by atoms with Gasteiger partial charge in [-0.2, -0.15) is 0 Å². The highest BCUT2D eigenvalue weighted by atomic mass is 32.2. The van der Waals surface area contributed by atoms with Crippen molar-refractivity contribution in [3.63, 3.8) is 0 Å². The number of amides is 2. The van der Waals surface area contributed by atoms with Crippen LogP contribution in [0.3, 0.4) is 0 Å². The minimum absolute atomic E-state index is 0.0139. The number of likely N-dealkylation sites (N-methyl/N-ethyl adjacent to an activating group) is 1. The Kier molecular flexibility index (Phi) is 10.6. The molecule has 0 aliphatic rings. The van der Waals surface area contributed by atoms with E-state index in [0.717, 1.165) is 21.0 Å². The lowest BCUT2D eigenvalue weighted by molar-refractivity contribution is -0.140. The summed E-state index contributed by atoms with van der Waals surface area (Å²) in [6, 6.07) is 30.8. The molecule has 0 aliphatic carbocycles. The van der Waals surface area contributed by atoms with Gasteiger partial charge in [0.25, 0.3) is 10.0 Å². The van der Waals surface area contributed by atoms with Gasteiger partial charge >= 0.3 is 0 Å². The first-order chi connectivity index (χ1) is 20.7. The third kappa shape index (κ3) is 7.81. The van der Waals surface area contributed by atoms with E-state index >= 15 is 0 Å². The van der Waals surface area contributed by atoms with Gasteiger partial charge in [0.2, 0.25) is 11.8 Å². The smallest absolute Gasteiger partial charge is 0.264 e. The summed E-state index contributed by atoms with van der Waals surface area (Å²) < 4.78 is 34.4. The van der Waals surface area contributed by atoms with Crippen molar-refractivity contribution >= 4 is 27.5 Å². The highest BCUT2D eigenvalue weighted by molar-refractivity contribution is 7.92. The van der Waals surface area contributed by atoms with Crippen LogP contribution in [-0.4, -0.2) is 51.4 Å². The van der Waals surface area contributed by atoms with Crippen LogP contribution < -0.4 is 14.4 Å². The number of nitrogens with one attached hydrogen (secondary N) is 1.